The fraction of sp³-hybridized carbons (Fsp3) is 0.857. The van der Waals surface area contributed by atoms with Gasteiger partial charge in [0.15, 0.2) is 5.78 Å². The SMILES string of the molecule is CC1=C2[C@@H](O)C(=O)[C@@]3(C)C(CC[C@](O)(CC1)C2(C)C)[C@@H]1CO[C@@H]1C[C@@H]3O. The number of fused-ring (bicyclic) bond motifs is 5. The number of hydrogen-bond acceptors (Lipinski definition) is 5. The molecule has 0 aromatic heterocycles. The van der Waals surface area contributed by atoms with Crippen LogP contribution < -0.4 is 0 Å². The van der Waals surface area contributed by atoms with Gasteiger partial charge in [-0.05, 0) is 51.0 Å². The molecule has 1 saturated heterocycles. The third-order valence-corrected chi connectivity index (χ3v) is 8.55. The van der Waals surface area contributed by atoms with Crippen LogP contribution in [0, 0.1) is 22.7 Å². The number of allylic oxidation sites excluding steroid dienone is 1. The standard InChI is InChI=1S/C21H32O5/c1-11-5-7-21(25)8-6-13-12-10-26-14(12)9-15(22)20(13,4)18(24)17(23)16(11)19(21,2)3/h12-15,17,22-23,25H,5-10H2,1-4H3/t12-,13?,14+,15-,17+,20-,21+/m0/s1. The van der Waals surface area contributed by atoms with Crippen molar-refractivity contribution in [2.45, 2.75) is 83.7 Å². The largest absolute Gasteiger partial charge is 0.392 e. The number of ether oxygens (including phenoxy) is 1. The van der Waals surface area contributed by atoms with Gasteiger partial charge in [-0.25, -0.2) is 0 Å². The van der Waals surface area contributed by atoms with Crippen LogP contribution in [0.5, 0.6) is 0 Å². The first-order valence-corrected chi connectivity index (χ1v) is 9.98. The van der Waals surface area contributed by atoms with Crippen LogP contribution in [-0.4, -0.2) is 51.6 Å². The van der Waals surface area contributed by atoms with E-state index >= 15 is 0 Å². The summed E-state index contributed by atoms with van der Waals surface area (Å²) < 4.78 is 5.63. The Morgan fingerprint density at radius 3 is 2.46 bits per heavy atom. The second-order valence-electron chi connectivity index (χ2n) is 9.83. The molecule has 146 valence electrons. The van der Waals surface area contributed by atoms with E-state index in [1.807, 2.05) is 27.7 Å². The molecule has 0 aromatic carbocycles. The molecule has 26 heavy (non-hydrogen) atoms. The summed E-state index contributed by atoms with van der Waals surface area (Å²) in [5.41, 5.74) is -0.956. The Morgan fingerprint density at radius 1 is 1.15 bits per heavy atom. The van der Waals surface area contributed by atoms with Crippen LogP contribution in [-0.2, 0) is 9.53 Å². The molecule has 2 saturated carbocycles. The van der Waals surface area contributed by atoms with Crippen LogP contribution in [0.15, 0.2) is 11.1 Å². The predicted octanol–water partition coefficient (Wildman–Crippen LogP) is 1.98. The number of rotatable bonds is 0. The first-order chi connectivity index (χ1) is 12.0. The Hall–Kier alpha value is -0.750. The molecule has 0 radical (unpaired) electrons. The summed E-state index contributed by atoms with van der Waals surface area (Å²) in [6, 6.07) is 0. The van der Waals surface area contributed by atoms with E-state index in [2.05, 4.69) is 0 Å². The molecule has 3 fully saturated rings. The Kier molecular flexibility index (Phi) is 4.03. The maximum atomic E-state index is 13.6. The third-order valence-electron chi connectivity index (χ3n) is 8.55. The molecule has 7 atom stereocenters. The zero-order chi connectivity index (χ0) is 19.1. The highest BCUT2D eigenvalue weighted by Gasteiger charge is 2.63. The number of carbonyl (C=O) groups excluding carboxylic acids is 1. The molecule has 3 N–H and O–H groups in total. The lowest BCUT2D eigenvalue weighted by Crippen LogP contribution is -2.63. The van der Waals surface area contributed by atoms with Gasteiger partial charge in [0.2, 0.25) is 0 Å². The Bertz CT molecular complexity index is 667. The van der Waals surface area contributed by atoms with E-state index in [1.165, 1.54) is 0 Å². The summed E-state index contributed by atoms with van der Waals surface area (Å²) in [7, 11) is 0. The summed E-state index contributed by atoms with van der Waals surface area (Å²) in [4.78, 5) is 13.6. The minimum Gasteiger partial charge on any atom is -0.392 e. The molecule has 0 spiro atoms. The van der Waals surface area contributed by atoms with Crippen molar-refractivity contribution < 1.29 is 24.9 Å². The van der Waals surface area contributed by atoms with E-state index in [1.54, 1.807) is 0 Å². The lowest BCUT2D eigenvalue weighted by Gasteiger charge is -2.56. The highest BCUT2D eigenvalue weighted by molar-refractivity contribution is 5.92. The highest BCUT2D eigenvalue weighted by Crippen LogP contribution is 2.58. The van der Waals surface area contributed by atoms with Crippen LogP contribution in [0.4, 0.5) is 0 Å². The smallest absolute Gasteiger partial charge is 0.174 e. The topological polar surface area (TPSA) is 87.0 Å². The van der Waals surface area contributed by atoms with Crippen molar-refractivity contribution >= 4 is 5.78 Å². The van der Waals surface area contributed by atoms with Gasteiger partial charge >= 0.3 is 0 Å². The van der Waals surface area contributed by atoms with E-state index in [0.29, 0.717) is 44.3 Å². The van der Waals surface area contributed by atoms with Gasteiger partial charge in [0.1, 0.15) is 6.10 Å². The maximum absolute atomic E-state index is 13.6. The molecule has 5 heteroatoms. The molecule has 0 amide bonds. The number of aliphatic hydroxyl groups is 3. The Morgan fingerprint density at radius 2 is 1.85 bits per heavy atom. The minimum atomic E-state index is -1.27. The number of hydrogen-bond donors (Lipinski definition) is 3. The van der Waals surface area contributed by atoms with Gasteiger partial charge in [0.25, 0.3) is 0 Å². The molecule has 5 nitrogen and oxygen atoms in total. The summed E-state index contributed by atoms with van der Waals surface area (Å²) in [5.74, 6) is -0.138. The lowest BCUT2D eigenvalue weighted by molar-refractivity contribution is -0.226. The average molecular weight is 364 g/mol. The van der Waals surface area contributed by atoms with Crippen molar-refractivity contribution in [2.75, 3.05) is 6.61 Å². The molecule has 1 aliphatic heterocycles. The molecular weight excluding hydrogens is 332 g/mol. The first-order valence-electron chi connectivity index (χ1n) is 9.98. The van der Waals surface area contributed by atoms with E-state index in [-0.39, 0.29) is 23.7 Å². The second kappa shape index (κ2) is 5.63. The van der Waals surface area contributed by atoms with E-state index < -0.39 is 28.6 Å². The summed E-state index contributed by atoms with van der Waals surface area (Å²) in [5, 5.41) is 33.6. The van der Waals surface area contributed by atoms with Gasteiger partial charge in [-0.2, -0.15) is 0 Å². The monoisotopic (exact) mass is 364 g/mol. The maximum Gasteiger partial charge on any atom is 0.174 e. The Labute approximate surface area is 155 Å². The summed E-state index contributed by atoms with van der Waals surface area (Å²) in [6.07, 6.45) is 0.933. The van der Waals surface area contributed by atoms with Crippen LogP contribution >= 0.6 is 0 Å². The lowest BCUT2D eigenvalue weighted by atomic mass is 9.55. The van der Waals surface area contributed by atoms with Crippen molar-refractivity contribution in [1.82, 2.24) is 0 Å². The summed E-state index contributed by atoms with van der Waals surface area (Å²) >= 11 is 0. The quantitative estimate of drug-likeness (QED) is 0.572. The number of ketones is 1. The van der Waals surface area contributed by atoms with Crippen molar-refractivity contribution in [3.63, 3.8) is 0 Å². The third kappa shape index (κ3) is 2.15. The highest BCUT2D eigenvalue weighted by atomic mass is 16.5. The number of Topliss-reactive ketones (excluding diaryl/α,β-unsaturated/α-hetero) is 1. The normalized spacial score (nSPS) is 50.7. The molecule has 1 heterocycles. The molecule has 1 unspecified atom stereocenters. The number of aliphatic hydroxyl groups excluding tert-OH is 2. The molecule has 0 aromatic rings. The van der Waals surface area contributed by atoms with Crippen LogP contribution in [0.3, 0.4) is 0 Å². The van der Waals surface area contributed by atoms with Crippen LogP contribution in [0.1, 0.15) is 59.8 Å². The van der Waals surface area contributed by atoms with Gasteiger partial charge in [0, 0.05) is 17.8 Å². The first kappa shape index (κ1) is 18.6. The number of carbonyl (C=O) groups is 1. The van der Waals surface area contributed by atoms with Gasteiger partial charge in [-0.15, -0.1) is 0 Å². The van der Waals surface area contributed by atoms with Crippen LogP contribution in [0.2, 0.25) is 0 Å². The Balaban J connectivity index is 1.86. The fourth-order valence-electron chi connectivity index (χ4n) is 6.44. The average Bonchev–Trinajstić information content (AvgIpc) is 2.56. The molecule has 4 rings (SSSR count). The zero-order valence-electron chi connectivity index (χ0n) is 16.3. The van der Waals surface area contributed by atoms with Gasteiger partial charge in [-0.3, -0.25) is 4.79 Å². The van der Waals surface area contributed by atoms with Crippen molar-refractivity contribution in [1.29, 1.82) is 0 Å². The molecule has 3 aliphatic carbocycles. The van der Waals surface area contributed by atoms with E-state index in [9.17, 15) is 20.1 Å². The van der Waals surface area contributed by atoms with Crippen LogP contribution in [0.25, 0.3) is 0 Å². The molecule has 4 aliphatic rings. The summed E-state index contributed by atoms with van der Waals surface area (Å²) in [6.45, 7) is 8.28. The van der Waals surface area contributed by atoms with E-state index in [0.717, 1.165) is 5.57 Å². The van der Waals surface area contributed by atoms with E-state index in [4.69, 9.17) is 4.74 Å². The van der Waals surface area contributed by atoms with Crippen molar-refractivity contribution in [3.8, 4) is 0 Å². The van der Waals surface area contributed by atoms with Gasteiger partial charge in [0.05, 0.1) is 29.8 Å². The molecular formula is C21H32O5. The molecule has 2 bridgehead atoms. The van der Waals surface area contributed by atoms with Gasteiger partial charge in [-0.1, -0.05) is 19.4 Å². The predicted molar refractivity (Wildman–Crippen MR) is 96.4 cm³/mol. The van der Waals surface area contributed by atoms with Crippen molar-refractivity contribution in [2.24, 2.45) is 22.7 Å². The zero-order valence-corrected chi connectivity index (χ0v) is 16.3. The van der Waals surface area contributed by atoms with Crippen molar-refractivity contribution in [3.05, 3.63) is 11.1 Å². The van der Waals surface area contributed by atoms with Gasteiger partial charge < -0.3 is 20.1 Å². The fourth-order valence-corrected chi connectivity index (χ4v) is 6.44. The second-order valence-corrected chi connectivity index (χ2v) is 9.83. The minimum absolute atomic E-state index is 0.00301.